The van der Waals surface area contributed by atoms with Crippen molar-refractivity contribution in [3.8, 4) is 0 Å². The molecule has 27 heavy (non-hydrogen) atoms. The molecule has 1 aromatic carbocycles. The Morgan fingerprint density at radius 3 is 2.67 bits per heavy atom. The van der Waals surface area contributed by atoms with Crippen LogP contribution in [0.3, 0.4) is 0 Å². The number of rotatable bonds is 6. The van der Waals surface area contributed by atoms with Crippen molar-refractivity contribution >= 4 is 39.9 Å². The highest BCUT2D eigenvalue weighted by atomic mass is 35.5. The van der Waals surface area contributed by atoms with Crippen LogP contribution in [0.4, 0.5) is 0 Å². The molecule has 0 saturated carbocycles. The van der Waals surface area contributed by atoms with Crippen LogP contribution in [0.5, 0.6) is 0 Å². The van der Waals surface area contributed by atoms with E-state index >= 15 is 0 Å². The topological polar surface area (TPSA) is 88.2 Å². The molecule has 6 nitrogen and oxygen atoms in total. The van der Waals surface area contributed by atoms with Gasteiger partial charge < -0.3 is 10.2 Å². The number of aromatic nitrogens is 3. The molecular weight excluding hydrogens is 386 g/mol. The second kappa shape index (κ2) is 7.22. The average Bonchev–Trinajstić information content (AvgIpc) is 3.20. The van der Waals surface area contributed by atoms with Gasteiger partial charge in [-0.25, -0.2) is 4.68 Å². The molecule has 2 heterocycles. The van der Waals surface area contributed by atoms with Crippen molar-refractivity contribution in [2.75, 3.05) is 0 Å². The van der Waals surface area contributed by atoms with Crippen LogP contribution in [-0.2, 0) is 17.9 Å². The van der Waals surface area contributed by atoms with Crippen molar-refractivity contribution in [1.29, 1.82) is 0 Å². The van der Waals surface area contributed by atoms with Crippen molar-refractivity contribution in [3.63, 3.8) is 0 Å². The van der Waals surface area contributed by atoms with Gasteiger partial charge in [0.15, 0.2) is 0 Å². The minimum Gasteiger partial charge on any atom is -0.481 e. The molecule has 0 saturated heterocycles. The first-order valence-electron chi connectivity index (χ1n) is 8.67. The molecule has 1 unspecified atom stereocenters. The average molecular weight is 408 g/mol. The normalized spacial score (nSPS) is 13.3. The number of carboxylic acids is 1. The van der Waals surface area contributed by atoms with Gasteiger partial charge in [-0.1, -0.05) is 22.9 Å². The standard InChI is InChI=1S/C19H22ClN3O3S/c1-5-23-13-7-6-12(10(2)16(13)21-22-23)15(19(3,4)18(25)26)14-8-11(9-24)17(20)27-14/h6-8,15,24H,5,9H2,1-4H3,(H,25,26). The van der Waals surface area contributed by atoms with Crippen molar-refractivity contribution in [1.82, 2.24) is 15.0 Å². The van der Waals surface area contributed by atoms with E-state index in [1.54, 1.807) is 19.9 Å². The molecule has 2 N–H and O–H groups in total. The SMILES string of the molecule is CCn1nnc2c(C)c(C(c3cc(CO)c(Cl)s3)C(C)(C)C(=O)O)ccc21. The van der Waals surface area contributed by atoms with Gasteiger partial charge in [0.2, 0.25) is 0 Å². The molecule has 0 radical (unpaired) electrons. The summed E-state index contributed by atoms with van der Waals surface area (Å²) in [5, 5.41) is 27.9. The Balaban J connectivity index is 2.26. The summed E-state index contributed by atoms with van der Waals surface area (Å²) in [6.45, 7) is 7.88. The monoisotopic (exact) mass is 407 g/mol. The number of hydrogen-bond acceptors (Lipinski definition) is 5. The second-order valence-electron chi connectivity index (χ2n) is 7.12. The van der Waals surface area contributed by atoms with Gasteiger partial charge in [0.1, 0.15) is 5.52 Å². The number of hydrogen-bond donors (Lipinski definition) is 2. The predicted molar refractivity (Wildman–Crippen MR) is 106 cm³/mol. The van der Waals surface area contributed by atoms with Crippen LogP contribution in [0.25, 0.3) is 11.0 Å². The van der Waals surface area contributed by atoms with Crippen molar-refractivity contribution in [3.05, 3.63) is 44.1 Å². The summed E-state index contributed by atoms with van der Waals surface area (Å²) >= 11 is 7.56. The minimum atomic E-state index is -1.08. The molecule has 0 bridgehead atoms. The Hall–Kier alpha value is -1.96. The van der Waals surface area contributed by atoms with Gasteiger partial charge in [-0.2, -0.15) is 0 Å². The van der Waals surface area contributed by atoms with Gasteiger partial charge in [0.05, 0.1) is 21.9 Å². The molecule has 1 atom stereocenters. The summed E-state index contributed by atoms with van der Waals surface area (Å²) in [6, 6.07) is 5.69. The first-order valence-corrected chi connectivity index (χ1v) is 9.86. The van der Waals surface area contributed by atoms with Crippen LogP contribution in [-0.4, -0.2) is 31.2 Å². The fourth-order valence-corrected chi connectivity index (χ4v) is 5.01. The third kappa shape index (κ3) is 3.24. The zero-order chi connectivity index (χ0) is 19.9. The fourth-order valence-electron chi connectivity index (χ4n) is 3.43. The Kier molecular flexibility index (Phi) is 5.29. The van der Waals surface area contributed by atoms with E-state index in [2.05, 4.69) is 10.3 Å². The van der Waals surface area contributed by atoms with Crippen LogP contribution in [0, 0.1) is 12.3 Å². The number of aliphatic carboxylic acids is 1. The number of nitrogens with zero attached hydrogens (tertiary/aromatic N) is 3. The highest BCUT2D eigenvalue weighted by molar-refractivity contribution is 7.16. The Bertz CT molecular complexity index is 1010. The summed E-state index contributed by atoms with van der Waals surface area (Å²) in [4.78, 5) is 12.9. The highest BCUT2D eigenvalue weighted by Gasteiger charge is 2.41. The molecule has 0 aliphatic carbocycles. The van der Waals surface area contributed by atoms with Gasteiger partial charge in [-0.15, -0.1) is 16.4 Å². The first kappa shape index (κ1) is 19.8. The Morgan fingerprint density at radius 1 is 1.41 bits per heavy atom. The molecule has 0 spiro atoms. The van der Waals surface area contributed by atoms with Crippen LogP contribution < -0.4 is 0 Å². The number of aryl methyl sites for hydroxylation is 2. The largest absolute Gasteiger partial charge is 0.481 e. The van der Waals surface area contributed by atoms with Crippen molar-refractivity contribution in [2.45, 2.75) is 46.8 Å². The molecule has 144 valence electrons. The molecule has 3 rings (SSSR count). The lowest BCUT2D eigenvalue weighted by molar-refractivity contribution is -0.147. The summed E-state index contributed by atoms with van der Waals surface area (Å²) in [5.41, 5.74) is 3.00. The molecule has 0 fully saturated rings. The van der Waals surface area contributed by atoms with E-state index in [9.17, 15) is 15.0 Å². The zero-order valence-electron chi connectivity index (χ0n) is 15.7. The van der Waals surface area contributed by atoms with Crippen molar-refractivity contribution < 1.29 is 15.0 Å². The smallest absolute Gasteiger partial charge is 0.310 e. The number of fused-ring (bicyclic) bond motifs is 1. The lowest BCUT2D eigenvalue weighted by Crippen LogP contribution is -2.32. The summed E-state index contributed by atoms with van der Waals surface area (Å²) in [6.07, 6.45) is 0. The maximum atomic E-state index is 12.1. The van der Waals surface area contributed by atoms with Gasteiger partial charge in [-0.05, 0) is 51.0 Å². The lowest BCUT2D eigenvalue weighted by atomic mass is 9.72. The van der Waals surface area contributed by atoms with Gasteiger partial charge in [-0.3, -0.25) is 4.79 Å². The quantitative estimate of drug-likeness (QED) is 0.639. The number of halogens is 1. The van der Waals surface area contributed by atoms with Gasteiger partial charge in [0, 0.05) is 22.9 Å². The third-order valence-electron chi connectivity index (χ3n) is 5.10. The van der Waals surface area contributed by atoms with Gasteiger partial charge >= 0.3 is 5.97 Å². The third-order valence-corrected chi connectivity index (χ3v) is 6.60. The van der Waals surface area contributed by atoms with E-state index in [4.69, 9.17) is 11.6 Å². The molecular formula is C19H22ClN3O3S. The minimum absolute atomic E-state index is 0.182. The molecule has 0 aliphatic heterocycles. The number of aliphatic hydroxyl groups excluding tert-OH is 1. The van der Waals surface area contributed by atoms with Crippen LogP contribution >= 0.6 is 22.9 Å². The maximum Gasteiger partial charge on any atom is 0.310 e. The van der Waals surface area contributed by atoms with E-state index in [1.165, 1.54) is 11.3 Å². The van der Waals surface area contributed by atoms with E-state index in [-0.39, 0.29) is 6.61 Å². The van der Waals surface area contributed by atoms with Crippen molar-refractivity contribution in [2.24, 2.45) is 5.41 Å². The maximum absolute atomic E-state index is 12.1. The Morgan fingerprint density at radius 2 is 2.11 bits per heavy atom. The Labute approximate surface area is 166 Å². The lowest BCUT2D eigenvalue weighted by Gasteiger charge is -2.31. The summed E-state index contributed by atoms with van der Waals surface area (Å²) in [5.74, 6) is -1.34. The summed E-state index contributed by atoms with van der Waals surface area (Å²) < 4.78 is 2.30. The fraction of sp³-hybridized carbons (Fsp3) is 0.421. The van der Waals surface area contributed by atoms with E-state index in [0.29, 0.717) is 16.4 Å². The zero-order valence-corrected chi connectivity index (χ0v) is 17.2. The molecule has 0 aliphatic rings. The summed E-state index contributed by atoms with van der Waals surface area (Å²) in [7, 11) is 0. The van der Waals surface area contributed by atoms with Gasteiger partial charge in [0.25, 0.3) is 0 Å². The first-order chi connectivity index (χ1) is 12.7. The molecule has 3 aromatic rings. The number of aliphatic hydroxyl groups is 1. The number of carbonyl (C=O) groups is 1. The van der Waals surface area contributed by atoms with Crippen LogP contribution in [0.15, 0.2) is 18.2 Å². The van der Waals surface area contributed by atoms with E-state index in [0.717, 1.165) is 27.0 Å². The molecule has 0 amide bonds. The van der Waals surface area contributed by atoms with E-state index in [1.807, 2.05) is 30.7 Å². The number of carboxylic acid groups (broad SMARTS) is 1. The number of thiophene rings is 1. The second-order valence-corrected chi connectivity index (χ2v) is 8.80. The molecule has 2 aromatic heterocycles. The molecule has 8 heteroatoms. The van der Waals surface area contributed by atoms with E-state index < -0.39 is 17.3 Å². The predicted octanol–water partition coefficient (Wildman–Crippen LogP) is 4.21. The van der Waals surface area contributed by atoms with Crippen LogP contribution in [0.2, 0.25) is 4.34 Å². The highest BCUT2D eigenvalue weighted by Crippen LogP contribution is 2.47. The number of benzene rings is 1. The van der Waals surface area contributed by atoms with Crippen LogP contribution in [0.1, 0.15) is 48.3 Å².